The SMILES string of the molecule is O=C(Nc1ccc(Cl)cc1C(=O)N1CCCC1)c1ccc(NC(=O)C2CC2)cc1. The molecule has 7 heteroatoms. The number of carbonyl (C=O) groups excluding carboxylic acids is 3. The Kier molecular flexibility index (Phi) is 5.53. The molecular weight excluding hydrogens is 390 g/mol. The minimum Gasteiger partial charge on any atom is -0.339 e. The van der Waals surface area contributed by atoms with Crippen LogP contribution in [0.4, 0.5) is 11.4 Å². The number of anilines is 2. The van der Waals surface area contributed by atoms with E-state index in [9.17, 15) is 14.4 Å². The summed E-state index contributed by atoms with van der Waals surface area (Å²) in [6.07, 6.45) is 3.84. The first-order valence-corrected chi connectivity index (χ1v) is 10.2. The summed E-state index contributed by atoms with van der Waals surface area (Å²) in [5.74, 6) is -0.316. The number of carbonyl (C=O) groups is 3. The van der Waals surface area contributed by atoms with Crippen molar-refractivity contribution in [3.8, 4) is 0 Å². The van der Waals surface area contributed by atoms with E-state index in [1.807, 2.05) is 0 Å². The molecule has 0 aromatic heterocycles. The van der Waals surface area contributed by atoms with Gasteiger partial charge in [0.2, 0.25) is 5.91 Å². The molecule has 4 rings (SSSR count). The number of likely N-dealkylation sites (tertiary alicyclic amines) is 1. The standard InChI is InChI=1S/C22H22ClN3O3/c23-16-7-10-19(18(13-16)22(29)26-11-1-2-12-26)25-21(28)15-5-8-17(9-6-15)24-20(27)14-3-4-14/h5-10,13-14H,1-4,11-12H2,(H,24,27)(H,25,28). The van der Waals surface area contributed by atoms with E-state index in [4.69, 9.17) is 11.6 Å². The second kappa shape index (κ2) is 8.25. The van der Waals surface area contributed by atoms with Gasteiger partial charge < -0.3 is 15.5 Å². The van der Waals surface area contributed by atoms with Gasteiger partial charge in [0.05, 0.1) is 11.3 Å². The molecule has 0 spiro atoms. The number of halogens is 1. The highest BCUT2D eigenvalue weighted by atomic mass is 35.5. The Morgan fingerprint density at radius 3 is 2.28 bits per heavy atom. The van der Waals surface area contributed by atoms with Crippen LogP contribution in [0.5, 0.6) is 0 Å². The zero-order chi connectivity index (χ0) is 20.4. The fourth-order valence-corrected chi connectivity index (χ4v) is 3.55. The Balaban J connectivity index is 1.47. The van der Waals surface area contributed by atoms with Crippen LogP contribution in [0, 0.1) is 5.92 Å². The van der Waals surface area contributed by atoms with Crippen LogP contribution in [0.2, 0.25) is 5.02 Å². The minimum absolute atomic E-state index is 0.0217. The van der Waals surface area contributed by atoms with Crippen molar-refractivity contribution in [2.45, 2.75) is 25.7 Å². The van der Waals surface area contributed by atoms with E-state index in [2.05, 4.69) is 10.6 Å². The Hall–Kier alpha value is -2.86. The van der Waals surface area contributed by atoms with Crippen molar-refractivity contribution < 1.29 is 14.4 Å². The molecule has 150 valence electrons. The zero-order valence-electron chi connectivity index (χ0n) is 15.9. The van der Waals surface area contributed by atoms with Crippen molar-refractivity contribution in [3.05, 3.63) is 58.6 Å². The maximum atomic E-state index is 12.8. The molecule has 1 heterocycles. The van der Waals surface area contributed by atoms with Crippen LogP contribution in [0.15, 0.2) is 42.5 Å². The Morgan fingerprint density at radius 1 is 0.931 bits per heavy atom. The van der Waals surface area contributed by atoms with Crippen LogP contribution in [0.3, 0.4) is 0 Å². The van der Waals surface area contributed by atoms with E-state index >= 15 is 0 Å². The first kappa shape index (κ1) is 19.5. The van der Waals surface area contributed by atoms with Gasteiger partial charge in [-0.3, -0.25) is 14.4 Å². The highest BCUT2D eigenvalue weighted by Crippen LogP contribution is 2.30. The fraction of sp³-hybridized carbons (Fsp3) is 0.318. The lowest BCUT2D eigenvalue weighted by Crippen LogP contribution is -2.28. The van der Waals surface area contributed by atoms with Crippen LogP contribution < -0.4 is 10.6 Å². The highest BCUT2D eigenvalue weighted by molar-refractivity contribution is 6.31. The molecule has 2 aromatic carbocycles. The molecule has 2 aliphatic rings. The molecule has 3 amide bonds. The van der Waals surface area contributed by atoms with Gasteiger partial charge in [0.1, 0.15) is 0 Å². The molecule has 0 atom stereocenters. The van der Waals surface area contributed by atoms with Crippen molar-refractivity contribution in [2.75, 3.05) is 23.7 Å². The van der Waals surface area contributed by atoms with Crippen molar-refractivity contribution >= 4 is 40.7 Å². The second-order valence-electron chi connectivity index (χ2n) is 7.48. The maximum absolute atomic E-state index is 12.8. The summed E-state index contributed by atoms with van der Waals surface area (Å²) >= 11 is 6.09. The van der Waals surface area contributed by atoms with E-state index in [0.717, 1.165) is 25.7 Å². The van der Waals surface area contributed by atoms with Gasteiger partial charge in [-0.2, -0.15) is 0 Å². The quantitative estimate of drug-likeness (QED) is 0.774. The van der Waals surface area contributed by atoms with Gasteiger partial charge in [-0.05, 0) is 68.1 Å². The van der Waals surface area contributed by atoms with Crippen LogP contribution in [-0.4, -0.2) is 35.7 Å². The Bertz CT molecular complexity index is 948. The molecule has 29 heavy (non-hydrogen) atoms. The molecule has 2 N–H and O–H groups in total. The van der Waals surface area contributed by atoms with Gasteiger partial charge in [-0.1, -0.05) is 11.6 Å². The molecule has 0 unspecified atom stereocenters. The van der Waals surface area contributed by atoms with Crippen LogP contribution in [0.25, 0.3) is 0 Å². The number of hydrogen-bond donors (Lipinski definition) is 2. The molecule has 1 saturated carbocycles. The molecule has 2 fully saturated rings. The number of rotatable bonds is 5. The van der Waals surface area contributed by atoms with Gasteiger partial charge in [-0.25, -0.2) is 0 Å². The fourth-order valence-electron chi connectivity index (χ4n) is 3.38. The van der Waals surface area contributed by atoms with E-state index in [1.165, 1.54) is 0 Å². The summed E-state index contributed by atoms with van der Waals surface area (Å²) in [7, 11) is 0. The van der Waals surface area contributed by atoms with Gasteiger partial charge >= 0.3 is 0 Å². The average molecular weight is 412 g/mol. The van der Waals surface area contributed by atoms with Gasteiger partial charge in [0.15, 0.2) is 0 Å². The van der Waals surface area contributed by atoms with Gasteiger partial charge in [-0.15, -0.1) is 0 Å². The van der Waals surface area contributed by atoms with Crippen molar-refractivity contribution in [2.24, 2.45) is 5.92 Å². The lowest BCUT2D eigenvalue weighted by molar-refractivity contribution is -0.117. The predicted octanol–water partition coefficient (Wildman–Crippen LogP) is 4.18. The van der Waals surface area contributed by atoms with E-state index in [-0.39, 0.29) is 23.6 Å². The Morgan fingerprint density at radius 2 is 1.62 bits per heavy atom. The smallest absolute Gasteiger partial charge is 0.256 e. The highest BCUT2D eigenvalue weighted by Gasteiger charge is 2.29. The topological polar surface area (TPSA) is 78.5 Å². The maximum Gasteiger partial charge on any atom is 0.256 e. The van der Waals surface area contributed by atoms with E-state index in [0.29, 0.717) is 40.6 Å². The van der Waals surface area contributed by atoms with Crippen LogP contribution in [-0.2, 0) is 4.79 Å². The van der Waals surface area contributed by atoms with Crippen molar-refractivity contribution in [1.29, 1.82) is 0 Å². The van der Waals surface area contributed by atoms with E-state index in [1.54, 1.807) is 47.4 Å². The lowest BCUT2D eigenvalue weighted by Gasteiger charge is -2.18. The van der Waals surface area contributed by atoms with Gasteiger partial charge in [0, 0.05) is 35.3 Å². The van der Waals surface area contributed by atoms with E-state index < -0.39 is 0 Å². The molecule has 1 aliphatic carbocycles. The summed E-state index contributed by atoms with van der Waals surface area (Å²) in [4.78, 5) is 39.1. The molecule has 6 nitrogen and oxygen atoms in total. The third-order valence-corrected chi connectivity index (χ3v) is 5.45. The molecular formula is C22H22ClN3O3. The number of amides is 3. The van der Waals surface area contributed by atoms with Crippen LogP contribution in [0.1, 0.15) is 46.4 Å². The summed E-state index contributed by atoms with van der Waals surface area (Å²) in [6, 6.07) is 11.6. The lowest BCUT2D eigenvalue weighted by atomic mass is 10.1. The summed E-state index contributed by atoms with van der Waals surface area (Å²) < 4.78 is 0. The van der Waals surface area contributed by atoms with Crippen molar-refractivity contribution in [1.82, 2.24) is 4.90 Å². The molecule has 0 radical (unpaired) electrons. The minimum atomic E-state index is -0.331. The summed E-state index contributed by atoms with van der Waals surface area (Å²) in [5, 5.41) is 6.11. The third kappa shape index (κ3) is 4.59. The van der Waals surface area contributed by atoms with Crippen LogP contribution >= 0.6 is 11.6 Å². The molecule has 1 aliphatic heterocycles. The van der Waals surface area contributed by atoms with Crippen molar-refractivity contribution in [3.63, 3.8) is 0 Å². The third-order valence-electron chi connectivity index (χ3n) is 5.22. The average Bonchev–Trinajstić information content (AvgIpc) is 3.44. The first-order chi connectivity index (χ1) is 14.0. The summed E-state index contributed by atoms with van der Waals surface area (Å²) in [6.45, 7) is 1.43. The molecule has 0 bridgehead atoms. The summed E-state index contributed by atoms with van der Waals surface area (Å²) in [5.41, 5.74) is 1.92. The number of hydrogen-bond acceptors (Lipinski definition) is 3. The van der Waals surface area contributed by atoms with Gasteiger partial charge in [0.25, 0.3) is 11.8 Å². The second-order valence-corrected chi connectivity index (χ2v) is 7.92. The Labute approximate surface area is 174 Å². The molecule has 2 aromatic rings. The normalized spacial score (nSPS) is 15.8. The first-order valence-electron chi connectivity index (χ1n) is 9.82. The monoisotopic (exact) mass is 411 g/mol. The predicted molar refractivity (Wildman–Crippen MR) is 112 cm³/mol. The number of benzene rings is 2. The number of nitrogens with zero attached hydrogens (tertiary/aromatic N) is 1. The molecule has 1 saturated heterocycles. The number of nitrogens with one attached hydrogen (secondary N) is 2. The zero-order valence-corrected chi connectivity index (χ0v) is 16.7. The largest absolute Gasteiger partial charge is 0.339 e.